The molecule has 0 saturated heterocycles. The van der Waals surface area contributed by atoms with Crippen molar-refractivity contribution in [2.24, 2.45) is 0 Å². The Balaban J connectivity index is 1.84. The summed E-state index contributed by atoms with van der Waals surface area (Å²) >= 11 is 0. The van der Waals surface area contributed by atoms with Crippen LogP contribution in [0.4, 0.5) is 5.69 Å². The van der Waals surface area contributed by atoms with Crippen molar-refractivity contribution >= 4 is 17.5 Å². The summed E-state index contributed by atoms with van der Waals surface area (Å²) in [6, 6.07) is 17.2. The average Bonchev–Trinajstić information content (AvgIpc) is 2.54. The Bertz CT molecular complexity index is 651. The maximum atomic E-state index is 12.2. The van der Waals surface area contributed by atoms with E-state index in [0.29, 0.717) is 11.3 Å². The molecule has 23 heavy (non-hydrogen) atoms. The Labute approximate surface area is 136 Å². The van der Waals surface area contributed by atoms with E-state index >= 15 is 0 Å². The number of rotatable bonds is 6. The summed E-state index contributed by atoms with van der Waals surface area (Å²) < 4.78 is 0. The molecule has 2 N–H and O–H groups in total. The first-order valence-electron chi connectivity index (χ1n) is 7.77. The molecule has 2 aromatic rings. The van der Waals surface area contributed by atoms with Crippen molar-refractivity contribution in [1.82, 2.24) is 5.32 Å². The van der Waals surface area contributed by atoms with Crippen LogP contribution in [-0.2, 0) is 11.2 Å². The number of nitrogens with one attached hydrogen (secondary N) is 2. The molecule has 4 heteroatoms. The van der Waals surface area contributed by atoms with E-state index in [1.54, 1.807) is 24.3 Å². The fourth-order valence-electron chi connectivity index (χ4n) is 2.32. The quantitative estimate of drug-likeness (QED) is 0.859. The number of carbonyl (C=O) groups excluding carboxylic acids is 2. The van der Waals surface area contributed by atoms with Gasteiger partial charge in [0.1, 0.15) is 0 Å². The van der Waals surface area contributed by atoms with Crippen LogP contribution in [0.1, 0.15) is 36.2 Å². The van der Waals surface area contributed by atoms with Crippen LogP contribution in [0, 0.1) is 0 Å². The zero-order valence-corrected chi connectivity index (χ0v) is 13.5. The zero-order chi connectivity index (χ0) is 16.7. The molecule has 2 amide bonds. The molecule has 0 aliphatic rings. The van der Waals surface area contributed by atoms with Gasteiger partial charge in [-0.15, -0.1) is 0 Å². The van der Waals surface area contributed by atoms with Gasteiger partial charge in [-0.25, -0.2) is 0 Å². The van der Waals surface area contributed by atoms with Crippen molar-refractivity contribution in [2.75, 3.05) is 5.32 Å². The minimum Gasteiger partial charge on any atom is -0.350 e. The molecule has 2 aromatic carbocycles. The van der Waals surface area contributed by atoms with Crippen molar-refractivity contribution in [3.63, 3.8) is 0 Å². The van der Waals surface area contributed by atoms with Crippen molar-refractivity contribution in [3.8, 4) is 0 Å². The van der Waals surface area contributed by atoms with Crippen molar-refractivity contribution in [1.29, 1.82) is 0 Å². The number of hydrogen-bond acceptors (Lipinski definition) is 2. The maximum absolute atomic E-state index is 12.2. The molecular weight excluding hydrogens is 288 g/mol. The number of hydrogen-bond donors (Lipinski definition) is 2. The van der Waals surface area contributed by atoms with Crippen LogP contribution in [0.2, 0.25) is 0 Å². The van der Waals surface area contributed by atoms with Crippen LogP contribution in [0.5, 0.6) is 0 Å². The minimum absolute atomic E-state index is 0.0951. The molecule has 4 nitrogen and oxygen atoms in total. The average molecular weight is 310 g/mol. The normalized spacial score (nSPS) is 11.6. The molecule has 0 aromatic heterocycles. The summed E-state index contributed by atoms with van der Waals surface area (Å²) in [7, 11) is 0. The zero-order valence-electron chi connectivity index (χ0n) is 13.5. The fourth-order valence-corrected chi connectivity index (χ4v) is 2.32. The fraction of sp³-hybridized carbons (Fsp3) is 0.263. The monoisotopic (exact) mass is 310 g/mol. The van der Waals surface area contributed by atoms with Gasteiger partial charge in [0.25, 0.3) is 5.91 Å². The van der Waals surface area contributed by atoms with Gasteiger partial charge < -0.3 is 10.6 Å². The summed E-state index contributed by atoms with van der Waals surface area (Å²) in [5.41, 5.74) is 2.55. The molecule has 2 rings (SSSR count). The number of anilines is 1. The number of carbonyl (C=O) groups is 2. The topological polar surface area (TPSA) is 58.2 Å². The second kappa shape index (κ2) is 8.13. The van der Waals surface area contributed by atoms with E-state index in [1.165, 1.54) is 12.5 Å². The predicted molar refractivity (Wildman–Crippen MR) is 92.4 cm³/mol. The van der Waals surface area contributed by atoms with E-state index in [0.717, 1.165) is 12.8 Å². The smallest absolute Gasteiger partial charge is 0.251 e. The molecule has 0 radical (unpaired) electrons. The lowest BCUT2D eigenvalue weighted by atomic mass is 10.1. The van der Waals surface area contributed by atoms with Crippen LogP contribution >= 0.6 is 0 Å². The second-order valence-corrected chi connectivity index (χ2v) is 5.66. The first-order chi connectivity index (χ1) is 11.0. The lowest BCUT2D eigenvalue weighted by molar-refractivity contribution is -0.114. The molecule has 0 heterocycles. The Hall–Kier alpha value is -2.62. The van der Waals surface area contributed by atoms with Crippen LogP contribution in [0.25, 0.3) is 0 Å². The lowest BCUT2D eigenvalue weighted by Gasteiger charge is -2.14. The molecule has 0 aliphatic heterocycles. The molecule has 1 atom stereocenters. The van der Waals surface area contributed by atoms with Gasteiger partial charge in [-0.3, -0.25) is 9.59 Å². The largest absolute Gasteiger partial charge is 0.350 e. The van der Waals surface area contributed by atoms with Crippen LogP contribution < -0.4 is 10.6 Å². The highest BCUT2D eigenvalue weighted by molar-refractivity contribution is 5.95. The van der Waals surface area contributed by atoms with Gasteiger partial charge in [0.2, 0.25) is 5.91 Å². The van der Waals surface area contributed by atoms with Crippen LogP contribution in [0.15, 0.2) is 54.6 Å². The molecule has 120 valence electrons. The first-order valence-corrected chi connectivity index (χ1v) is 7.77. The van der Waals surface area contributed by atoms with Gasteiger partial charge in [-0.2, -0.15) is 0 Å². The lowest BCUT2D eigenvalue weighted by Crippen LogP contribution is -2.32. The van der Waals surface area contributed by atoms with E-state index in [4.69, 9.17) is 0 Å². The Kier molecular flexibility index (Phi) is 5.92. The third-order valence-corrected chi connectivity index (χ3v) is 3.55. The van der Waals surface area contributed by atoms with Gasteiger partial charge in [0.15, 0.2) is 0 Å². The van der Waals surface area contributed by atoms with Gasteiger partial charge in [0, 0.05) is 24.2 Å². The van der Waals surface area contributed by atoms with Gasteiger partial charge in [0.05, 0.1) is 0 Å². The standard InChI is InChI=1S/C19H22N2O2/c1-14(8-9-16-6-4-3-5-7-16)20-19(23)17-10-12-18(13-11-17)21-15(2)22/h3-7,10-14H,8-9H2,1-2H3,(H,20,23)(H,21,22)/t14-/m1/s1. The molecule has 0 unspecified atom stereocenters. The van der Waals surface area contributed by atoms with E-state index in [2.05, 4.69) is 22.8 Å². The van der Waals surface area contributed by atoms with E-state index in [1.807, 2.05) is 25.1 Å². The van der Waals surface area contributed by atoms with Crippen LogP contribution in [0.3, 0.4) is 0 Å². The molecule has 0 saturated carbocycles. The van der Waals surface area contributed by atoms with Gasteiger partial charge in [-0.1, -0.05) is 30.3 Å². The Morgan fingerprint density at radius 1 is 1.00 bits per heavy atom. The highest BCUT2D eigenvalue weighted by Crippen LogP contribution is 2.10. The summed E-state index contributed by atoms with van der Waals surface area (Å²) in [5, 5.41) is 5.68. The highest BCUT2D eigenvalue weighted by Gasteiger charge is 2.10. The summed E-state index contributed by atoms with van der Waals surface area (Å²) in [6.07, 6.45) is 1.82. The molecular formula is C19H22N2O2. The number of aryl methyl sites for hydroxylation is 1. The van der Waals surface area contributed by atoms with E-state index < -0.39 is 0 Å². The molecule has 0 spiro atoms. The number of benzene rings is 2. The summed E-state index contributed by atoms with van der Waals surface area (Å²) in [4.78, 5) is 23.2. The first kappa shape index (κ1) is 16.7. The van der Waals surface area contributed by atoms with Crippen LogP contribution in [-0.4, -0.2) is 17.9 Å². The van der Waals surface area contributed by atoms with E-state index in [-0.39, 0.29) is 17.9 Å². The second-order valence-electron chi connectivity index (χ2n) is 5.66. The third kappa shape index (κ3) is 5.58. The summed E-state index contributed by atoms with van der Waals surface area (Å²) in [5.74, 6) is -0.225. The molecule has 0 bridgehead atoms. The Morgan fingerprint density at radius 3 is 2.26 bits per heavy atom. The molecule has 0 aliphatic carbocycles. The highest BCUT2D eigenvalue weighted by atomic mass is 16.2. The molecule has 0 fully saturated rings. The summed E-state index contributed by atoms with van der Waals surface area (Å²) in [6.45, 7) is 3.46. The van der Waals surface area contributed by atoms with E-state index in [9.17, 15) is 9.59 Å². The van der Waals surface area contributed by atoms with Crippen molar-refractivity contribution in [2.45, 2.75) is 32.7 Å². The Morgan fingerprint density at radius 2 is 1.65 bits per heavy atom. The number of amides is 2. The van der Waals surface area contributed by atoms with Crippen molar-refractivity contribution in [3.05, 3.63) is 65.7 Å². The van der Waals surface area contributed by atoms with Gasteiger partial charge >= 0.3 is 0 Å². The van der Waals surface area contributed by atoms with Gasteiger partial charge in [-0.05, 0) is 49.6 Å². The third-order valence-electron chi connectivity index (χ3n) is 3.55. The van der Waals surface area contributed by atoms with Crippen molar-refractivity contribution < 1.29 is 9.59 Å². The maximum Gasteiger partial charge on any atom is 0.251 e. The minimum atomic E-state index is -0.128. The SMILES string of the molecule is CC(=O)Nc1ccc(C(=O)N[C@H](C)CCc2ccccc2)cc1. The predicted octanol–water partition coefficient (Wildman–Crippen LogP) is 3.40.